The Balaban J connectivity index is 1.93. The van der Waals surface area contributed by atoms with E-state index in [1.807, 2.05) is 0 Å². The summed E-state index contributed by atoms with van der Waals surface area (Å²) in [6, 6.07) is 0. The summed E-state index contributed by atoms with van der Waals surface area (Å²) in [6.07, 6.45) is 4.26. The van der Waals surface area contributed by atoms with Crippen molar-refractivity contribution in [1.29, 1.82) is 0 Å². The van der Waals surface area contributed by atoms with Crippen LogP contribution in [0.15, 0.2) is 18.3 Å². The molecule has 0 aliphatic rings. The molecule has 1 aromatic rings. The molecule has 11 heteroatoms. The summed E-state index contributed by atoms with van der Waals surface area (Å²) in [5.74, 6) is -0.0402. The Labute approximate surface area is 208 Å². The van der Waals surface area contributed by atoms with Crippen LogP contribution in [0.3, 0.4) is 0 Å². The molecule has 1 aromatic heterocycles. The van der Waals surface area contributed by atoms with Crippen LogP contribution in [0.5, 0.6) is 0 Å². The summed E-state index contributed by atoms with van der Waals surface area (Å²) in [6.45, 7) is 14.0. The lowest BCUT2D eigenvalue weighted by molar-refractivity contribution is -0.119. The Hall–Kier alpha value is -2.18. The van der Waals surface area contributed by atoms with Gasteiger partial charge in [0, 0.05) is 18.6 Å². The van der Waals surface area contributed by atoms with Gasteiger partial charge in [0.05, 0.1) is 78.7 Å². The zero-order valence-electron chi connectivity index (χ0n) is 21.6. The van der Waals surface area contributed by atoms with Crippen molar-refractivity contribution in [2.75, 3.05) is 66.1 Å². The standard InChI is InChI=1S/C24H42N4O7/c1-20(2)19-35-16-15-34-14-13-33-12-11-32-10-9-31-8-7-28-18-22(26-27-28)17-25-24(30)6-5-23(29)21(3)4/h5-6,18,20-21H,7-17,19H2,1-4H3,(H,25,30)/b6-5-. The molecule has 1 rings (SSSR count). The van der Waals surface area contributed by atoms with Crippen LogP contribution in [-0.4, -0.2) is 92.8 Å². The molecule has 0 spiro atoms. The van der Waals surface area contributed by atoms with Crippen LogP contribution < -0.4 is 5.32 Å². The number of nitrogens with zero attached hydrogens (tertiary/aromatic N) is 3. The van der Waals surface area contributed by atoms with E-state index in [0.29, 0.717) is 77.6 Å². The van der Waals surface area contributed by atoms with Crippen molar-refractivity contribution in [2.24, 2.45) is 11.8 Å². The Kier molecular flexibility index (Phi) is 17.7. The molecule has 11 nitrogen and oxygen atoms in total. The molecule has 200 valence electrons. The zero-order valence-corrected chi connectivity index (χ0v) is 21.6. The van der Waals surface area contributed by atoms with E-state index in [1.165, 1.54) is 12.2 Å². The molecule has 0 radical (unpaired) electrons. The number of aromatic nitrogens is 3. The molecule has 0 bridgehead atoms. The third-order valence-electron chi connectivity index (χ3n) is 4.40. The first-order valence-corrected chi connectivity index (χ1v) is 12.2. The lowest BCUT2D eigenvalue weighted by atomic mass is 10.1. The van der Waals surface area contributed by atoms with Gasteiger partial charge < -0.3 is 29.0 Å². The quantitative estimate of drug-likeness (QED) is 0.187. The Bertz CT molecular complexity index is 722. The van der Waals surface area contributed by atoms with Crippen molar-refractivity contribution in [3.8, 4) is 0 Å². The summed E-state index contributed by atoms with van der Waals surface area (Å²) < 4.78 is 28.9. The number of allylic oxidation sites excluding steroid dienone is 1. The maximum atomic E-state index is 11.7. The van der Waals surface area contributed by atoms with Gasteiger partial charge in [0.2, 0.25) is 5.91 Å². The number of ether oxygens (including phenoxy) is 5. The smallest absolute Gasteiger partial charge is 0.244 e. The Morgan fingerprint density at radius 1 is 0.857 bits per heavy atom. The molecule has 0 aromatic carbocycles. The molecule has 35 heavy (non-hydrogen) atoms. The number of rotatable bonds is 22. The van der Waals surface area contributed by atoms with E-state index in [9.17, 15) is 9.59 Å². The Morgan fingerprint density at radius 2 is 1.40 bits per heavy atom. The number of ketones is 1. The topological polar surface area (TPSA) is 123 Å². The molecule has 0 aliphatic carbocycles. The molecule has 0 unspecified atom stereocenters. The van der Waals surface area contributed by atoms with Gasteiger partial charge in [-0.25, -0.2) is 4.68 Å². The van der Waals surface area contributed by atoms with Crippen molar-refractivity contribution < 1.29 is 33.3 Å². The van der Waals surface area contributed by atoms with E-state index < -0.39 is 0 Å². The number of amides is 1. The van der Waals surface area contributed by atoms with Crippen LogP contribution >= 0.6 is 0 Å². The van der Waals surface area contributed by atoms with Gasteiger partial charge in [-0.05, 0) is 12.0 Å². The fourth-order valence-electron chi connectivity index (χ4n) is 2.47. The SMILES string of the molecule is CC(C)COCCOCCOCCOCCOCCn1cc(CNC(=O)/C=C\C(=O)C(C)C)nn1. The van der Waals surface area contributed by atoms with Crippen LogP contribution in [-0.2, 0) is 46.4 Å². The van der Waals surface area contributed by atoms with Gasteiger partial charge in [-0.15, -0.1) is 5.10 Å². The molecular weight excluding hydrogens is 456 g/mol. The van der Waals surface area contributed by atoms with Gasteiger partial charge in [0.25, 0.3) is 0 Å². The van der Waals surface area contributed by atoms with Crippen molar-refractivity contribution in [3.63, 3.8) is 0 Å². The highest BCUT2D eigenvalue weighted by Crippen LogP contribution is 1.96. The van der Waals surface area contributed by atoms with E-state index in [-0.39, 0.29) is 24.2 Å². The predicted molar refractivity (Wildman–Crippen MR) is 130 cm³/mol. The van der Waals surface area contributed by atoms with Crippen LogP contribution in [0.2, 0.25) is 0 Å². The van der Waals surface area contributed by atoms with Crippen LogP contribution in [0.1, 0.15) is 33.4 Å². The highest BCUT2D eigenvalue weighted by atomic mass is 16.6. The van der Waals surface area contributed by atoms with Crippen molar-refractivity contribution in [2.45, 2.75) is 40.8 Å². The minimum Gasteiger partial charge on any atom is -0.379 e. The fourth-order valence-corrected chi connectivity index (χ4v) is 2.47. The summed E-state index contributed by atoms with van der Waals surface area (Å²) in [4.78, 5) is 23.2. The maximum Gasteiger partial charge on any atom is 0.244 e. The minimum atomic E-state index is -0.349. The summed E-state index contributed by atoms with van der Waals surface area (Å²) in [5, 5.41) is 10.7. The normalized spacial score (nSPS) is 11.7. The van der Waals surface area contributed by atoms with Gasteiger partial charge in [0.15, 0.2) is 5.78 Å². The summed E-state index contributed by atoms with van der Waals surface area (Å²) >= 11 is 0. The van der Waals surface area contributed by atoms with Gasteiger partial charge in [-0.2, -0.15) is 0 Å². The van der Waals surface area contributed by atoms with E-state index in [1.54, 1.807) is 24.7 Å². The first kappa shape index (κ1) is 30.9. The number of hydrogen-bond donors (Lipinski definition) is 1. The number of hydrogen-bond acceptors (Lipinski definition) is 9. The lowest BCUT2D eigenvalue weighted by Gasteiger charge is -2.08. The third kappa shape index (κ3) is 17.8. The predicted octanol–water partition coefficient (Wildman–Crippen LogP) is 1.41. The van der Waals surface area contributed by atoms with Crippen molar-refractivity contribution in [1.82, 2.24) is 20.3 Å². The van der Waals surface area contributed by atoms with E-state index in [2.05, 4.69) is 29.5 Å². The second kappa shape index (κ2) is 20.1. The monoisotopic (exact) mass is 498 g/mol. The molecule has 1 amide bonds. The van der Waals surface area contributed by atoms with Crippen molar-refractivity contribution >= 4 is 11.7 Å². The molecule has 0 saturated heterocycles. The molecule has 0 fully saturated rings. The van der Waals surface area contributed by atoms with Gasteiger partial charge in [-0.3, -0.25) is 9.59 Å². The first-order valence-electron chi connectivity index (χ1n) is 12.2. The average molecular weight is 499 g/mol. The van der Waals surface area contributed by atoms with E-state index >= 15 is 0 Å². The Morgan fingerprint density at radius 3 is 1.94 bits per heavy atom. The highest BCUT2D eigenvalue weighted by Gasteiger charge is 2.05. The molecule has 0 saturated carbocycles. The van der Waals surface area contributed by atoms with Crippen LogP contribution in [0.25, 0.3) is 0 Å². The van der Waals surface area contributed by atoms with Crippen molar-refractivity contribution in [3.05, 3.63) is 24.0 Å². The molecule has 1 N–H and O–H groups in total. The summed E-state index contributed by atoms with van der Waals surface area (Å²) in [5.41, 5.74) is 0.620. The van der Waals surface area contributed by atoms with Crippen LogP contribution in [0, 0.1) is 11.8 Å². The second-order valence-electron chi connectivity index (χ2n) is 8.50. The second-order valence-corrected chi connectivity index (χ2v) is 8.50. The molecule has 1 heterocycles. The molecule has 0 atom stereocenters. The molecular formula is C24H42N4O7. The lowest BCUT2D eigenvalue weighted by Crippen LogP contribution is -2.21. The fraction of sp³-hybridized carbons (Fsp3) is 0.750. The maximum absolute atomic E-state index is 11.7. The number of nitrogens with one attached hydrogen (secondary N) is 1. The van der Waals surface area contributed by atoms with E-state index in [0.717, 1.165) is 6.61 Å². The minimum absolute atomic E-state index is 0.0928. The first-order chi connectivity index (χ1) is 16.9. The number of carbonyl (C=O) groups is 2. The van der Waals surface area contributed by atoms with Gasteiger partial charge >= 0.3 is 0 Å². The average Bonchev–Trinajstić information content (AvgIpc) is 3.28. The van der Waals surface area contributed by atoms with Gasteiger partial charge in [0.1, 0.15) is 5.69 Å². The van der Waals surface area contributed by atoms with Gasteiger partial charge in [-0.1, -0.05) is 32.9 Å². The van der Waals surface area contributed by atoms with E-state index in [4.69, 9.17) is 23.7 Å². The highest BCUT2D eigenvalue weighted by molar-refractivity contribution is 5.98. The number of carbonyl (C=O) groups excluding carboxylic acids is 2. The largest absolute Gasteiger partial charge is 0.379 e. The third-order valence-corrected chi connectivity index (χ3v) is 4.40. The zero-order chi connectivity index (χ0) is 25.7. The summed E-state index contributed by atoms with van der Waals surface area (Å²) in [7, 11) is 0. The molecule has 0 aliphatic heterocycles. The van der Waals surface area contributed by atoms with Crippen LogP contribution in [0.4, 0.5) is 0 Å².